The molecule has 2 amide bonds. The van der Waals surface area contributed by atoms with E-state index in [2.05, 4.69) is 42.3 Å². The van der Waals surface area contributed by atoms with E-state index in [1.165, 1.54) is 12.1 Å². The number of carbonyl (C=O) groups is 2. The van der Waals surface area contributed by atoms with E-state index in [1.54, 1.807) is 36.7 Å². The van der Waals surface area contributed by atoms with E-state index in [1.807, 2.05) is 49.4 Å². The van der Waals surface area contributed by atoms with Crippen LogP contribution in [0.2, 0.25) is 0 Å². The number of amidine groups is 1. The van der Waals surface area contributed by atoms with Crippen LogP contribution < -0.4 is 15.4 Å². The Kier molecular flexibility index (Phi) is 11.6. The lowest BCUT2D eigenvalue weighted by atomic mass is 9.97. The summed E-state index contributed by atoms with van der Waals surface area (Å²) in [6, 6.07) is 22.8. The fourth-order valence-electron chi connectivity index (χ4n) is 7.54. The zero-order chi connectivity index (χ0) is 38.4. The van der Waals surface area contributed by atoms with Crippen molar-refractivity contribution < 1.29 is 27.5 Å². The number of nitrogens with one attached hydrogen (secondary N) is 2. The summed E-state index contributed by atoms with van der Waals surface area (Å²) in [6.45, 7) is 6.99. The van der Waals surface area contributed by atoms with Gasteiger partial charge in [0.2, 0.25) is 0 Å². The first-order valence-corrected chi connectivity index (χ1v) is 18.9. The molecule has 2 saturated heterocycles. The number of aryl methyl sites for hydroxylation is 1. The molecule has 9 nitrogen and oxygen atoms in total. The van der Waals surface area contributed by atoms with Crippen molar-refractivity contribution in [3.63, 3.8) is 0 Å². The average Bonchev–Trinajstić information content (AvgIpc) is 3.19. The molecule has 1 aromatic heterocycles. The number of aliphatic imine (C=N–C) groups is 1. The molecule has 12 heteroatoms. The Morgan fingerprint density at radius 2 is 1.47 bits per heavy atom. The molecule has 0 aliphatic carbocycles. The summed E-state index contributed by atoms with van der Waals surface area (Å²) in [5, 5.41) is 6.42. The number of hydrogen-bond acceptors (Lipinski definition) is 7. The normalized spacial score (nSPS) is 18.4. The molecule has 0 radical (unpaired) electrons. The van der Waals surface area contributed by atoms with Gasteiger partial charge >= 0.3 is 6.36 Å². The van der Waals surface area contributed by atoms with Gasteiger partial charge in [0.15, 0.2) is 0 Å². The zero-order valence-electron chi connectivity index (χ0n) is 30.8. The van der Waals surface area contributed by atoms with Gasteiger partial charge < -0.3 is 25.2 Å². The van der Waals surface area contributed by atoms with Crippen molar-refractivity contribution >= 4 is 17.6 Å². The number of carbonyl (C=O) groups excluding carboxylic acids is 2. The number of hydrogen-bond donors (Lipinski definition) is 2. The standard InChI is InChI=1S/C43H45F3N6O3/c1-29-7-9-34(25-39(29)31-10-12-38(13-11-31)55-43(44,45)46)42(54)49-36-15-20-51(21-16-36)28-30-8-14-40(48-26-30)52-22-17-37(18-23-52)50-41(53)33-5-2-4-32(24-33)35-6-3-19-47-27-35/h2-14,19,24-25,27,30,36-37H,15-18,20-23,26,28H2,1H3,(H,49,54)(H,50,53). The number of ether oxygens (including phenoxy) is 1. The van der Waals surface area contributed by atoms with Gasteiger partial charge in [-0.1, -0.05) is 42.5 Å². The van der Waals surface area contributed by atoms with Crippen molar-refractivity contribution in [2.24, 2.45) is 10.9 Å². The van der Waals surface area contributed by atoms with Gasteiger partial charge in [0.25, 0.3) is 11.8 Å². The number of alkyl halides is 3. The molecule has 0 bridgehead atoms. The number of likely N-dealkylation sites (tertiary alicyclic amines) is 2. The maximum Gasteiger partial charge on any atom is 0.573 e. The predicted molar refractivity (Wildman–Crippen MR) is 207 cm³/mol. The second kappa shape index (κ2) is 16.9. The molecule has 55 heavy (non-hydrogen) atoms. The number of nitrogens with zero attached hydrogens (tertiary/aromatic N) is 4. The summed E-state index contributed by atoms with van der Waals surface area (Å²) < 4.78 is 41.7. The van der Waals surface area contributed by atoms with E-state index in [0.29, 0.717) is 22.6 Å². The number of halogens is 3. The van der Waals surface area contributed by atoms with Crippen molar-refractivity contribution in [2.45, 2.75) is 51.1 Å². The van der Waals surface area contributed by atoms with Gasteiger partial charge in [-0.15, -0.1) is 13.2 Å². The SMILES string of the molecule is Cc1ccc(C(=O)NC2CCN(CC3C=CC(N4CCC(NC(=O)c5cccc(-c6cccnc6)c5)CC4)=NC3)CC2)cc1-c1ccc(OC(F)(F)F)cc1. The number of piperidine rings is 2. The number of dihydropyridines is 1. The van der Waals surface area contributed by atoms with Gasteiger partial charge in [0, 0.05) is 86.4 Å². The first-order valence-electron chi connectivity index (χ1n) is 18.9. The number of amides is 2. The van der Waals surface area contributed by atoms with E-state index in [-0.39, 0.29) is 29.6 Å². The number of rotatable bonds is 9. The van der Waals surface area contributed by atoms with E-state index in [9.17, 15) is 22.8 Å². The molecule has 1 atom stereocenters. The van der Waals surface area contributed by atoms with Crippen LogP contribution in [0, 0.1) is 12.8 Å². The molecule has 4 heterocycles. The molecule has 0 spiro atoms. The topological polar surface area (TPSA) is 99.2 Å². The summed E-state index contributed by atoms with van der Waals surface area (Å²) in [7, 11) is 0. The molecule has 4 aromatic rings. The highest BCUT2D eigenvalue weighted by Crippen LogP contribution is 2.29. The van der Waals surface area contributed by atoms with Crippen LogP contribution in [0.1, 0.15) is 52.0 Å². The Hall–Kier alpha value is -5.49. The van der Waals surface area contributed by atoms with E-state index < -0.39 is 6.36 Å². The first-order chi connectivity index (χ1) is 26.6. The molecule has 3 aromatic carbocycles. The highest BCUT2D eigenvalue weighted by molar-refractivity contribution is 5.97. The Bertz CT molecular complexity index is 2020. The van der Waals surface area contributed by atoms with Crippen molar-refractivity contribution in [1.29, 1.82) is 0 Å². The van der Waals surface area contributed by atoms with Gasteiger partial charge in [-0.05, 0) is 103 Å². The van der Waals surface area contributed by atoms with Gasteiger partial charge in [-0.25, -0.2) is 0 Å². The van der Waals surface area contributed by atoms with Crippen LogP contribution in [-0.2, 0) is 0 Å². The molecule has 7 rings (SSSR count). The van der Waals surface area contributed by atoms with Crippen LogP contribution in [0.3, 0.4) is 0 Å². The van der Waals surface area contributed by atoms with Gasteiger partial charge in [0.1, 0.15) is 11.6 Å². The average molecular weight is 751 g/mol. The fourth-order valence-corrected chi connectivity index (χ4v) is 7.54. The first kappa shape index (κ1) is 37.8. The minimum absolute atomic E-state index is 0.0537. The summed E-state index contributed by atoms with van der Waals surface area (Å²) in [5.74, 6) is 0.837. The number of benzene rings is 3. The highest BCUT2D eigenvalue weighted by Gasteiger charge is 2.31. The van der Waals surface area contributed by atoms with Crippen LogP contribution >= 0.6 is 0 Å². The van der Waals surface area contributed by atoms with Crippen LogP contribution in [0.25, 0.3) is 22.3 Å². The quantitative estimate of drug-likeness (QED) is 0.187. The van der Waals surface area contributed by atoms with Gasteiger partial charge in [-0.3, -0.25) is 19.6 Å². The smallest absolute Gasteiger partial charge is 0.406 e. The molecule has 3 aliphatic heterocycles. The third-order valence-corrected chi connectivity index (χ3v) is 10.6. The molecule has 2 fully saturated rings. The van der Waals surface area contributed by atoms with E-state index >= 15 is 0 Å². The highest BCUT2D eigenvalue weighted by atomic mass is 19.4. The Morgan fingerprint density at radius 3 is 2.11 bits per heavy atom. The molecular weight excluding hydrogens is 706 g/mol. The molecular formula is C43H45F3N6O3. The van der Waals surface area contributed by atoms with Crippen LogP contribution in [0.15, 0.2) is 108 Å². The van der Waals surface area contributed by atoms with Crippen molar-refractivity contribution in [1.82, 2.24) is 25.4 Å². The van der Waals surface area contributed by atoms with Crippen molar-refractivity contribution in [3.05, 3.63) is 120 Å². The van der Waals surface area contributed by atoms with Gasteiger partial charge in [-0.2, -0.15) is 0 Å². The summed E-state index contributed by atoms with van der Waals surface area (Å²) in [5.41, 5.74) is 5.50. The lowest BCUT2D eigenvalue weighted by Crippen LogP contribution is -2.47. The lowest BCUT2D eigenvalue weighted by molar-refractivity contribution is -0.274. The Balaban J connectivity index is 0.824. The fraction of sp³-hybridized carbons (Fsp3) is 0.349. The summed E-state index contributed by atoms with van der Waals surface area (Å²) >= 11 is 0. The van der Waals surface area contributed by atoms with Crippen LogP contribution in [0.4, 0.5) is 13.2 Å². The Labute approximate surface area is 319 Å². The maximum absolute atomic E-state index is 13.2. The number of pyridine rings is 1. The van der Waals surface area contributed by atoms with Crippen LogP contribution in [-0.4, -0.2) is 90.1 Å². The summed E-state index contributed by atoms with van der Waals surface area (Å²) in [4.78, 5) is 40.2. The molecule has 286 valence electrons. The Morgan fingerprint density at radius 1 is 0.800 bits per heavy atom. The minimum Gasteiger partial charge on any atom is -0.406 e. The van der Waals surface area contributed by atoms with E-state index in [0.717, 1.165) is 93.0 Å². The molecule has 0 saturated carbocycles. The van der Waals surface area contributed by atoms with Crippen LogP contribution in [0.5, 0.6) is 5.75 Å². The van der Waals surface area contributed by atoms with Gasteiger partial charge in [0.05, 0.1) is 0 Å². The predicted octanol–water partition coefficient (Wildman–Crippen LogP) is 7.30. The largest absolute Gasteiger partial charge is 0.573 e. The summed E-state index contributed by atoms with van der Waals surface area (Å²) in [6.07, 6.45) is 6.61. The van der Waals surface area contributed by atoms with Crippen molar-refractivity contribution in [3.8, 4) is 28.0 Å². The molecule has 2 N–H and O–H groups in total. The third-order valence-electron chi connectivity index (χ3n) is 10.6. The lowest BCUT2D eigenvalue weighted by Gasteiger charge is -2.36. The molecule has 3 aliphatic rings. The second-order valence-corrected chi connectivity index (χ2v) is 14.5. The monoisotopic (exact) mass is 750 g/mol. The minimum atomic E-state index is -4.75. The third kappa shape index (κ3) is 9.99. The maximum atomic E-state index is 13.2. The molecule has 1 unspecified atom stereocenters. The number of aromatic nitrogens is 1. The van der Waals surface area contributed by atoms with E-state index in [4.69, 9.17) is 4.99 Å². The van der Waals surface area contributed by atoms with Crippen molar-refractivity contribution in [2.75, 3.05) is 39.3 Å². The second-order valence-electron chi connectivity index (χ2n) is 14.5. The zero-order valence-corrected chi connectivity index (χ0v) is 30.8.